The Morgan fingerprint density at radius 2 is 1.86 bits per heavy atom. The maximum absolute atomic E-state index is 13.2. The number of benzene rings is 2. The van der Waals surface area contributed by atoms with Gasteiger partial charge in [-0.25, -0.2) is 4.98 Å². The fraction of sp³-hybridized carbons (Fsp3) is 0.250. The number of likely N-dealkylation sites (tertiary alicyclic amines) is 1. The molecule has 2 aromatic carbocycles. The summed E-state index contributed by atoms with van der Waals surface area (Å²) in [6.45, 7) is 0.541. The number of alkyl halides is 3. The molecule has 5 nitrogen and oxygen atoms in total. The van der Waals surface area contributed by atoms with E-state index in [1.807, 2.05) is 24.3 Å². The highest BCUT2D eigenvalue weighted by Gasteiger charge is 2.32. The van der Waals surface area contributed by atoms with Gasteiger partial charge in [-0.05, 0) is 42.8 Å². The van der Waals surface area contributed by atoms with Crippen LogP contribution in [0.4, 0.5) is 18.3 Å². The molecule has 2 amide bonds. The monoisotopic (exact) mass is 419 g/mol. The Morgan fingerprint density at radius 3 is 2.48 bits per heavy atom. The van der Waals surface area contributed by atoms with Crippen LogP contribution in [0.1, 0.15) is 28.8 Å². The summed E-state index contributed by atoms with van der Waals surface area (Å²) in [5.74, 6) is -0.561. The fourth-order valence-corrected chi connectivity index (χ4v) is 4.13. The first-order valence-corrected chi connectivity index (χ1v) is 9.77. The fourth-order valence-electron chi connectivity index (χ4n) is 3.17. The molecule has 0 radical (unpaired) electrons. The molecule has 1 aliphatic rings. The van der Waals surface area contributed by atoms with Crippen molar-refractivity contribution in [3.05, 3.63) is 59.7 Å². The van der Waals surface area contributed by atoms with E-state index in [2.05, 4.69) is 4.98 Å². The van der Waals surface area contributed by atoms with E-state index in [1.54, 1.807) is 4.90 Å². The van der Waals surface area contributed by atoms with Gasteiger partial charge in [0.15, 0.2) is 5.13 Å². The van der Waals surface area contributed by atoms with Crippen molar-refractivity contribution in [2.24, 2.45) is 0 Å². The van der Waals surface area contributed by atoms with Crippen LogP contribution in [0.5, 0.6) is 0 Å². The van der Waals surface area contributed by atoms with Gasteiger partial charge in [-0.3, -0.25) is 14.5 Å². The zero-order valence-corrected chi connectivity index (χ0v) is 16.0. The van der Waals surface area contributed by atoms with Gasteiger partial charge in [0.25, 0.3) is 5.91 Å². The van der Waals surface area contributed by atoms with Gasteiger partial charge in [-0.2, -0.15) is 13.2 Å². The molecule has 0 saturated carbocycles. The normalized spacial score (nSPS) is 14.6. The lowest BCUT2D eigenvalue weighted by Gasteiger charge is -2.26. The summed E-state index contributed by atoms with van der Waals surface area (Å²) in [6, 6.07) is 11.4. The number of amides is 2. The minimum atomic E-state index is -4.48. The molecule has 3 aromatic rings. The zero-order valence-electron chi connectivity index (χ0n) is 15.1. The van der Waals surface area contributed by atoms with E-state index in [4.69, 9.17) is 0 Å². The summed E-state index contributed by atoms with van der Waals surface area (Å²) in [4.78, 5) is 32.6. The number of nitrogens with zero attached hydrogens (tertiary/aromatic N) is 3. The number of hydrogen-bond acceptors (Lipinski definition) is 4. The number of para-hydroxylation sites is 1. The second-order valence-corrected chi connectivity index (χ2v) is 7.68. The van der Waals surface area contributed by atoms with Crippen molar-refractivity contribution >= 4 is 38.5 Å². The molecule has 1 aromatic heterocycles. The van der Waals surface area contributed by atoms with Crippen molar-refractivity contribution in [1.29, 1.82) is 0 Å². The number of thiazole rings is 1. The van der Waals surface area contributed by atoms with Crippen LogP contribution in [0.2, 0.25) is 0 Å². The lowest BCUT2D eigenvalue weighted by atomic mass is 10.1. The number of carbonyl (C=O) groups excluding carboxylic acids is 2. The van der Waals surface area contributed by atoms with E-state index in [0.717, 1.165) is 29.0 Å². The third kappa shape index (κ3) is 3.95. The summed E-state index contributed by atoms with van der Waals surface area (Å²) in [7, 11) is 0. The van der Waals surface area contributed by atoms with Gasteiger partial charge in [-0.15, -0.1) is 0 Å². The maximum Gasteiger partial charge on any atom is 0.416 e. The van der Waals surface area contributed by atoms with Crippen molar-refractivity contribution in [3.8, 4) is 0 Å². The molecule has 4 rings (SSSR count). The average molecular weight is 419 g/mol. The highest BCUT2D eigenvalue weighted by atomic mass is 32.1. The van der Waals surface area contributed by atoms with Crippen LogP contribution in [0.25, 0.3) is 10.2 Å². The van der Waals surface area contributed by atoms with Gasteiger partial charge < -0.3 is 4.90 Å². The molecule has 1 saturated heterocycles. The molecule has 1 aliphatic heterocycles. The van der Waals surface area contributed by atoms with E-state index in [0.29, 0.717) is 30.0 Å². The molecule has 1 fully saturated rings. The lowest BCUT2D eigenvalue weighted by molar-refractivity contribution is -0.137. The van der Waals surface area contributed by atoms with Gasteiger partial charge in [0, 0.05) is 18.5 Å². The van der Waals surface area contributed by atoms with Gasteiger partial charge in [0.05, 0.1) is 15.8 Å². The number of aromatic nitrogens is 1. The second kappa shape index (κ2) is 7.47. The Labute approximate surface area is 168 Å². The quantitative estimate of drug-likeness (QED) is 0.624. The van der Waals surface area contributed by atoms with Crippen molar-refractivity contribution in [3.63, 3.8) is 0 Å². The zero-order chi connectivity index (χ0) is 20.6. The summed E-state index contributed by atoms with van der Waals surface area (Å²) < 4.78 is 39.4. The predicted octanol–water partition coefficient (Wildman–Crippen LogP) is 4.54. The summed E-state index contributed by atoms with van der Waals surface area (Å²) >= 11 is 1.30. The lowest BCUT2D eigenvalue weighted by Crippen LogP contribution is -2.42. The average Bonchev–Trinajstić information content (AvgIpc) is 3.30. The first kappa shape index (κ1) is 19.4. The summed E-state index contributed by atoms with van der Waals surface area (Å²) in [5, 5.41) is 0.399. The Balaban J connectivity index is 1.69. The molecule has 0 N–H and O–H groups in total. The van der Waals surface area contributed by atoms with Crippen molar-refractivity contribution < 1.29 is 22.8 Å². The third-order valence-electron chi connectivity index (χ3n) is 4.70. The Hall–Kier alpha value is -2.94. The Bertz CT molecular complexity index is 1030. The van der Waals surface area contributed by atoms with Crippen molar-refractivity contribution in [1.82, 2.24) is 9.88 Å². The van der Waals surface area contributed by atoms with E-state index in [1.165, 1.54) is 16.2 Å². The Kier molecular flexibility index (Phi) is 4.99. The molecular formula is C20H16F3N3O2S. The highest BCUT2D eigenvalue weighted by Crippen LogP contribution is 2.32. The molecule has 0 bridgehead atoms. The number of carbonyl (C=O) groups is 2. The summed E-state index contributed by atoms with van der Waals surface area (Å²) in [5.41, 5.74) is -0.00956. The molecule has 0 atom stereocenters. The van der Waals surface area contributed by atoms with Crippen LogP contribution in [0.15, 0.2) is 48.5 Å². The molecule has 150 valence electrons. The van der Waals surface area contributed by atoms with Crippen LogP contribution >= 0.6 is 11.3 Å². The smallest absolute Gasteiger partial charge is 0.324 e. The van der Waals surface area contributed by atoms with Gasteiger partial charge in [0.1, 0.15) is 6.67 Å². The largest absolute Gasteiger partial charge is 0.416 e. The standard InChI is InChI=1S/C20H16F3N3O2S/c21-20(22,23)14-9-7-13(8-10-14)18(28)26(12-25-11-3-6-17(25)27)19-24-15-4-1-2-5-16(15)29-19/h1-2,4-5,7-10H,3,6,11-12H2. The highest BCUT2D eigenvalue weighted by molar-refractivity contribution is 7.22. The van der Waals surface area contributed by atoms with Gasteiger partial charge in [0.2, 0.25) is 5.91 Å². The molecule has 2 heterocycles. The molecule has 29 heavy (non-hydrogen) atoms. The number of rotatable bonds is 4. The van der Waals surface area contributed by atoms with E-state index in [-0.39, 0.29) is 18.1 Å². The van der Waals surface area contributed by atoms with Crippen LogP contribution in [0.3, 0.4) is 0 Å². The first-order chi connectivity index (χ1) is 13.8. The molecular weight excluding hydrogens is 403 g/mol. The predicted molar refractivity (Wildman–Crippen MR) is 104 cm³/mol. The topological polar surface area (TPSA) is 53.5 Å². The number of anilines is 1. The van der Waals surface area contributed by atoms with Crippen molar-refractivity contribution in [2.45, 2.75) is 19.0 Å². The van der Waals surface area contributed by atoms with E-state index >= 15 is 0 Å². The second-order valence-electron chi connectivity index (χ2n) is 6.67. The molecule has 0 aliphatic carbocycles. The van der Waals surface area contributed by atoms with Crippen LogP contribution in [-0.2, 0) is 11.0 Å². The van der Waals surface area contributed by atoms with Crippen LogP contribution in [-0.4, -0.2) is 34.9 Å². The Morgan fingerprint density at radius 1 is 1.14 bits per heavy atom. The first-order valence-electron chi connectivity index (χ1n) is 8.95. The molecule has 0 unspecified atom stereocenters. The maximum atomic E-state index is 13.2. The van der Waals surface area contributed by atoms with Gasteiger partial charge >= 0.3 is 6.18 Å². The number of hydrogen-bond donors (Lipinski definition) is 0. The molecule has 9 heteroatoms. The van der Waals surface area contributed by atoms with Crippen molar-refractivity contribution in [2.75, 3.05) is 18.1 Å². The summed E-state index contributed by atoms with van der Waals surface area (Å²) in [6.07, 6.45) is -3.35. The SMILES string of the molecule is O=C1CCCN1CN(C(=O)c1ccc(C(F)(F)F)cc1)c1nc2ccccc2s1. The van der Waals surface area contributed by atoms with E-state index in [9.17, 15) is 22.8 Å². The third-order valence-corrected chi connectivity index (χ3v) is 5.76. The minimum absolute atomic E-state index is 0.0124. The van der Waals surface area contributed by atoms with Crippen LogP contribution in [0, 0.1) is 0 Å². The van der Waals surface area contributed by atoms with E-state index < -0.39 is 17.6 Å². The number of fused-ring (bicyclic) bond motifs is 1. The molecule has 0 spiro atoms. The van der Waals surface area contributed by atoms with Crippen LogP contribution < -0.4 is 4.90 Å². The van der Waals surface area contributed by atoms with Gasteiger partial charge in [-0.1, -0.05) is 23.5 Å². The minimum Gasteiger partial charge on any atom is -0.324 e. The number of halogens is 3.